The topological polar surface area (TPSA) is 115 Å². The van der Waals surface area contributed by atoms with Crippen molar-refractivity contribution in [3.63, 3.8) is 0 Å². The largest absolute Gasteiger partial charge is 0.374 e. The maximum Gasteiger partial charge on any atom is 0.224 e. The number of nitrogens with two attached hydrogens (primary N) is 1. The van der Waals surface area contributed by atoms with E-state index in [0.717, 1.165) is 16.9 Å². The second-order valence-electron chi connectivity index (χ2n) is 7.86. The Kier molecular flexibility index (Phi) is 6.47. The van der Waals surface area contributed by atoms with Gasteiger partial charge in [-0.15, -0.1) is 0 Å². The number of hydrogen-bond acceptors (Lipinski definition) is 7. The maximum absolute atomic E-state index is 11.5. The average molecular weight is 409 g/mol. The average Bonchev–Trinajstić information content (AvgIpc) is 2.70. The van der Waals surface area contributed by atoms with Crippen LogP contribution in [0.1, 0.15) is 34.1 Å². The summed E-state index contributed by atoms with van der Waals surface area (Å²) in [5, 5.41) is 6.09. The molecule has 0 saturated carbocycles. The number of carbonyl (C=O) groups excluding carboxylic acids is 1. The molecule has 3 aromatic rings. The van der Waals surface area contributed by atoms with Crippen LogP contribution in [0.2, 0.25) is 0 Å². The fourth-order valence-electron chi connectivity index (χ4n) is 2.82. The summed E-state index contributed by atoms with van der Waals surface area (Å²) in [7, 11) is 0. The van der Waals surface area contributed by atoms with Gasteiger partial charge in [0.25, 0.3) is 0 Å². The predicted molar refractivity (Wildman–Crippen MR) is 120 cm³/mol. The van der Waals surface area contributed by atoms with Crippen molar-refractivity contribution in [2.45, 2.75) is 39.7 Å². The van der Waals surface area contributed by atoms with Gasteiger partial charge in [0, 0.05) is 24.2 Å². The second kappa shape index (κ2) is 9.04. The van der Waals surface area contributed by atoms with Crippen molar-refractivity contribution < 1.29 is 9.53 Å². The molecule has 0 aliphatic carbocycles. The molecular weight excluding hydrogens is 380 g/mol. The van der Waals surface area contributed by atoms with Crippen LogP contribution >= 0.6 is 0 Å². The van der Waals surface area contributed by atoms with Gasteiger partial charge in [0.1, 0.15) is 5.52 Å². The molecule has 0 radical (unpaired) electrons. The summed E-state index contributed by atoms with van der Waals surface area (Å²) in [4.78, 5) is 24.9. The predicted octanol–water partition coefficient (Wildman–Crippen LogP) is 3.85. The minimum absolute atomic E-state index is 0.0209. The lowest BCUT2D eigenvalue weighted by molar-refractivity contribution is -0.115. The van der Waals surface area contributed by atoms with Gasteiger partial charge in [0.15, 0.2) is 5.82 Å². The quantitative estimate of drug-likeness (QED) is 0.509. The number of nitrogens with zero attached hydrogens (tertiary/aromatic N) is 3. The van der Waals surface area contributed by atoms with Gasteiger partial charge >= 0.3 is 0 Å². The summed E-state index contributed by atoms with van der Waals surface area (Å²) < 4.78 is 5.75. The molecule has 4 N–H and O–H groups in total. The third-order valence-electron chi connectivity index (χ3n) is 4.27. The summed E-state index contributed by atoms with van der Waals surface area (Å²) in [6, 6.07) is 11.3. The molecular formula is C22H28N6O2. The Morgan fingerprint density at radius 2 is 1.80 bits per heavy atom. The van der Waals surface area contributed by atoms with Crippen LogP contribution in [-0.2, 0) is 9.53 Å². The number of ether oxygens (including phenoxy) is 1. The Morgan fingerprint density at radius 3 is 2.47 bits per heavy atom. The van der Waals surface area contributed by atoms with Crippen LogP contribution in [0.15, 0.2) is 36.4 Å². The molecule has 0 unspecified atom stereocenters. The van der Waals surface area contributed by atoms with Gasteiger partial charge in [-0.1, -0.05) is 19.1 Å². The Bertz CT molecular complexity index is 1030. The van der Waals surface area contributed by atoms with Crippen LogP contribution in [0.3, 0.4) is 0 Å². The van der Waals surface area contributed by atoms with Gasteiger partial charge < -0.3 is 21.1 Å². The van der Waals surface area contributed by atoms with Gasteiger partial charge in [0.05, 0.1) is 23.4 Å². The molecule has 0 aliphatic heterocycles. The highest BCUT2D eigenvalue weighted by Gasteiger charge is 2.12. The van der Waals surface area contributed by atoms with Crippen molar-refractivity contribution in [1.29, 1.82) is 0 Å². The summed E-state index contributed by atoms with van der Waals surface area (Å²) in [6.45, 7) is 8.95. The van der Waals surface area contributed by atoms with Gasteiger partial charge in [-0.3, -0.25) is 4.79 Å². The van der Waals surface area contributed by atoms with Crippen molar-refractivity contribution in [2.24, 2.45) is 0 Å². The van der Waals surface area contributed by atoms with E-state index in [2.05, 4.69) is 20.6 Å². The van der Waals surface area contributed by atoms with Crippen LogP contribution in [0.5, 0.6) is 0 Å². The van der Waals surface area contributed by atoms with E-state index in [-0.39, 0.29) is 17.5 Å². The van der Waals surface area contributed by atoms with Gasteiger partial charge in [-0.25, -0.2) is 9.97 Å². The maximum atomic E-state index is 11.5. The van der Waals surface area contributed by atoms with E-state index in [1.807, 2.05) is 64.1 Å². The van der Waals surface area contributed by atoms with Crippen LogP contribution in [0.4, 0.5) is 17.5 Å². The molecule has 30 heavy (non-hydrogen) atoms. The number of anilines is 3. The fourth-order valence-corrected chi connectivity index (χ4v) is 2.82. The molecule has 1 amide bonds. The van der Waals surface area contributed by atoms with Crippen molar-refractivity contribution in [1.82, 2.24) is 15.0 Å². The number of benzene rings is 1. The van der Waals surface area contributed by atoms with Gasteiger partial charge in [-0.2, -0.15) is 4.98 Å². The molecule has 8 heteroatoms. The number of pyridine rings is 1. The highest BCUT2D eigenvalue weighted by atomic mass is 16.5. The zero-order chi connectivity index (χ0) is 21.7. The molecule has 2 aromatic heterocycles. The number of nitrogens with one attached hydrogen (secondary N) is 2. The number of rotatable bonds is 7. The lowest BCUT2D eigenvalue weighted by Crippen LogP contribution is -2.23. The summed E-state index contributed by atoms with van der Waals surface area (Å²) in [5.41, 5.74) is 9.41. The molecule has 8 nitrogen and oxygen atoms in total. The van der Waals surface area contributed by atoms with Crippen molar-refractivity contribution in [3.8, 4) is 11.3 Å². The van der Waals surface area contributed by atoms with Crippen molar-refractivity contribution in [2.75, 3.05) is 29.5 Å². The first-order chi connectivity index (χ1) is 14.2. The normalized spacial score (nSPS) is 11.5. The Labute approximate surface area is 176 Å². The lowest BCUT2D eigenvalue weighted by atomic mass is 10.1. The van der Waals surface area contributed by atoms with Crippen molar-refractivity contribution in [3.05, 3.63) is 36.4 Å². The van der Waals surface area contributed by atoms with Crippen LogP contribution in [-0.4, -0.2) is 39.6 Å². The van der Waals surface area contributed by atoms with Gasteiger partial charge in [0.2, 0.25) is 11.9 Å². The first kappa shape index (κ1) is 21.4. The molecule has 0 aliphatic rings. The van der Waals surface area contributed by atoms with Crippen LogP contribution in [0, 0.1) is 0 Å². The summed E-state index contributed by atoms with van der Waals surface area (Å²) in [5.74, 6) is 0.739. The number of nitrogen functional groups attached to an aromatic ring is 1. The number of carbonyl (C=O) groups is 1. The van der Waals surface area contributed by atoms with E-state index < -0.39 is 0 Å². The van der Waals surface area contributed by atoms with E-state index in [1.165, 1.54) is 0 Å². The zero-order valence-electron chi connectivity index (χ0n) is 17.8. The minimum Gasteiger partial charge on any atom is -0.374 e. The summed E-state index contributed by atoms with van der Waals surface area (Å²) >= 11 is 0. The monoisotopic (exact) mass is 408 g/mol. The fraction of sp³-hybridized carbons (Fsp3) is 0.364. The minimum atomic E-state index is -0.206. The highest BCUT2D eigenvalue weighted by molar-refractivity contribution is 5.91. The smallest absolute Gasteiger partial charge is 0.224 e. The third kappa shape index (κ3) is 5.64. The molecule has 2 heterocycles. The number of amides is 1. The SMILES string of the molecule is CCC(=O)Nc1ccc(-c2ccc3nc(N)nc(NCCOC(C)(C)C)c3n2)cc1. The third-order valence-corrected chi connectivity index (χ3v) is 4.27. The Morgan fingerprint density at radius 1 is 1.07 bits per heavy atom. The van der Waals surface area contributed by atoms with E-state index in [1.54, 1.807) is 0 Å². The van der Waals surface area contributed by atoms with Crippen molar-refractivity contribution >= 4 is 34.4 Å². The zero-order valence-corrected chi connectivity index (χ0v) is 17.8. The molecule has 0 fully saturated rings. The molecule has 1 aromatic carbocycles. The number of fused-ring (bicyclic) bond motifs is 1. The Balaban J connectivity index is 1.83. The molecule has 3 rings (SSSR count). The van der Waals surface area contributed by atoms with E-state index in [4.69, 9.17) is 15.5 Å². The number of hydrogen-bond donors (Lipinski definition) is 3. The number of aromatic nitrogens is 3. The van der Waals surface area contributed by atoms with Crippen LogP contribution in [0.25, 0.3) is 22.3 Å². The lowest BCUT2D eigenvalue weighted by Gasteiger charge is -2.19. The highest BCUT2D eigenvalue weighted by Crippen LogP contribution is 2.25. The van der Waals surface area contributed by atoms with E-state index in [0.29, 0.717) is 36.4 Å². The first-order valence-corrected chi connectivity index (χ1v) is 9.97. The second-order valence-corrected chi connectivity index (χ2v) is 7.86. The van der Waals surface area contributed by atoms with E-state index in [9.17, 15) is 4.79 Å². The molecule has 0 atom stereocenters. The molecule has 0 saturated heterocycles. The van der Waals surface area contributed by atoms with Gasteiger partial charge in [-0.05, 0) is 45.0 Å². The molecule has 0 bridgehead atoms. The van der Waals surface area contributed by atoms with Crippen LogP contribution < -0.4 is 16.4 Å². The molecule has 0 spiro atoms. The van der Waals surface area contributed by atoms with E-state index >= 15 is 0 Å². The molecule has 158 valence electrons. The standard InChI is InChI=1S/C22H28N6O2/c1-5-18(29)25-15-8-6-14(7-9-15)16-10-11-17-19(26-16)20(28-21(23)27-17)24-12-13-30-22(2,3)4/h6-11H,5,12-13H2,1-4H3,(H,25,29)(H3,23,24,27,28). The first-order valence-electron chi connectivity index (χ1n) is 9.97. The Hall–Kier alpha value is -3.26. The summed E-state index contributed by atoms with van der Waals surface area (Å²) in [6.07, 6.45) is 0.438.